The average molecular weight is 428 g/mol. The summed E-state index contributed by atoms with van der Waals surface area (Å²) in [4.78, 5) is 34.3. The summed E-state index contributed by atoms with van der Waals surface area (Å²) in [6.45, 7) is 0. The van der Waals surface area contributed by atoms with Crippen molar-refractivity contribution in [2.45, 2.75) is 0 Å². The van der Waals surface area contributed by atoms with E-state index in [1.54, 1.807) is 43.5 Å². The van der Waals surface area contributed by atoms with Crippen LogP contribution in [-0.4, -0.2) is 41.9 Å². The molecule has 8 heteroatoms. The van der Waals surface area contributed by atoms with Gasteiger partial charge in [0, 0.05) is 23.5 Å². The van der Waals surface area contributed by atoms with Crippen molar-refractivity contribution in [3.05, 3.63) is 95.4 Å². The van der Waals surface area contributed by atoms with Crippen LogP contribution in [0.2, 0.25) is 0 Å². The van der Waals surface area contributed by atoms with Crippen molar-refractivity contribution in [1.29, 1.82) is 0 Å². The number of ether oxygens (including phenoxy) is 2. The van der Waals surface area contributed by atoms with Crippen LogP contribution in [0.4, 0.5) is 0 Å². The number of hydrazine groups is 1. The largest absolute Gasteiger partial charge is 0.493 e. The molecule has 0 bridgehead atoms. The fraction of sp³-hybridized carbons (Fsp3) is 0.0833. The van der Waals surface area contributed by atoms with Gasteiger partial charge in [0.15, 0.2) is 17.3 Å². The zero-order valence-electron chi connectivity index (χ0n) is 17.5. The molecule has 2 amide bonds. The molecule has 1 aliphatic rings. The van der Waals surface area contributed by atoms with E-state index in [0.29, 0.717) is 34.0 Å². The number of hydrogen-bond acceptors (Lipinski definition) is 6. The molecule has 0 atom stereocenters. The van der Waals surface area contributed by atoms with Gasteiger partial charge in [-0.3, -0.25) is 20.0 Å². The monoisotopic (exact) mass is 428 g/mol. The van der Waals surface area contributed by atoms with Crippen LogP contribution in [0.3, 0.4) is 0 Å². The maximum atomic E-state index is 13.2. The lowest BCUT2D eigenvalue weighted by Gasteiger charge is -2.19. The van der Waals surface area contributed by atoms with Gasteiger partial charge < -0.3 is 9.47 Å². The number of benzene rings is 2. The lowest BCUT2D eigenvalue weighted by atomic mass is 10.1. The summed E-state index contributed by atoms with van der Waals surface area (Å²) in [6.07, 6.45) is 4.65. The van der Waals surface area contributed by atoms with E-state index in [4.69, 9.17) is 9.47 Å². The predicted molar refractivity (Wildman–Crippen MR) is 119 cm³/mol. The van der Waals surface area contributed by atoms with Crippen LogP contribution in [-0.2, 0) is 4.79 Å². The SMILES string of the molecule is COc1ccc(C=C2N=C(c3ccccc3)N(NC(=O)c3ccncc3)C2=O)cc1OC. The zero-order valence-corrected chi connectivity index (χ0v) is 17.5. The van der Waals surface area contributed by atoms with E-state index in [1.807, 2.05) is 30.3 Å². The third-order valence-corrected chi connectivity index (χ3v) is 4.76. The first-order valence-electron chi connectivity index (χ1n) is 9.74. The molecule has 0 spiro atoms. The number of carbonyl (C=O) groups excluding carboxylic acids is 2. The molecule has 1 N–H and O–H groups in total. The molecular formula is C24H20N4O4. The summed E-state index contributed by atoms with van der Waals surface area (Å²) in [5.74, 6) is 0.525. The van der Waals surface area contributed by atoms with Crippen molar-refractivity contribution < 1.29 is 19.1 Å². The number of amidine groups is 1. The maximum Gasteiger partial charge on any atom is 0.297 e. The second kappa shape index (κ2) is 9.13. The third kappa shape index (κ3) is 4.20. The van der Waals surface area contributed by atoms with Gasteiger partial charge in [0.1, 0.15) is 5.70 Å². The fourth-order valence-corrected chi connectivity index (χ4v) is 3.17. The number of pyridine rings is 1. The molecule has 8 nitrogen and oxygen atoms in total. The smallest absolute Gasteiger partial charge is 0.297 e. The third-order valence-electron chi connectivity index (χ3n) is 4.76. The van der Waals surface area contributed by atoms with Crippen LogP contribution in [0.25, 0.3) is 6.08 Å². The number of methoxy groups -OCH3 is 2. The van der Waals surface area contributed by atoms with Gasteiger partial charge in [0.2, 0.25) is 0 Å². The highest BCUT2D eigenvalue weighted by atomic mass is 16.5. The van der Waals surface area contributed by atoms with Crippen molar-refractivity contribution in [3.8, 4) is 11.5 Å². The number of amides is 2. The molecular weight excluding hydrogens is 408 g/mol. The fourth-order valence-electron chi connectivity index (χ4n) is 3.17. The average Bonchev–Trinajstić information content (AvgIpc) is 3.15. The van der Waals surface area contributed by atoms with Gasteiger partial charge in [-0.25, -0.2) is 4.99 Å². The van der Waals surface area contributed by atoms with E-state index >= 15 is 0 Å². The van der Waals surface area contributed by atoms with Gasteiger partial charge in [-0.2, -0.15) is 5.01 Å². The van der Waals surface area contributed by atoms with Crippen LogP contribution in [0.5, 0.6) is 11.5 Å². The molecule has 3 aromatic rings. The summed E-state index contributed by atoms with van der Waals surface area (Å²) < 4.78 is 10.6. The van der Waals surface area contributed by atoms with E-state index in [0.717, 1.165) is 5.01 Å². The molecule has 2 heterocycles. The van der Waals surface area contributed by atoms with Crippen molar-refractivity contribution in [2.24, 2.45) is 4.99 Å². The Balaban J connectivity index is 1.70. The van der Waals surface area contributed by atoms with E-state index in [2.05, 4.69) is 15.4 Å². The molecule has 1 aliphatic heterocycles. The Kier molecular flexibility index (Phi) is 5.94. The summed E-state index contributed by atoms with van der Waals surface area (Å²) in [5, 5.41) is 1.16. The second-order valence-electron chi connectivity index (χ2n) is 6.76. The highest BCUT2D eigenvalue weighted by Gasteiger charge is 2.33. The van der Waals surface area contributed by atoms with Crippen LogP contribution in [0, 0.1) is 0 Å². The van der Waals surface area contributed by atoms with Crippen molar-refractivity contribution in [2.75, 3.05) is 14.2 Å². The van der Waals surface area contributed by atoms with Gasteiger partial charge in [-0.05, 0) is 35.9 Å². The summed E-state index contributed by atoms with van der Waals surface area (Å²) in [5.41, 5.74) is 4.58. The van der Waals surface area contributed by atoms with Crippen molar-refractivity contribution >= 4 is 23.7 Å². The Morgan fingerprint density at radius 1 is 0.969 bits per heavy atom. The minimum atomic E-state index is -0.457. The molecule has 2 aromatic carbocycles. The molecule has 0 saturated heterocycles. The Bertz CT molecular complexity index is 1210. The topological polar surface area (TPSA) is 93.1 Å². The van der Waals surface area contributed by atoms with E-state index in [1.165, 1.54) is 19.5 Å². The number of aromatic nitrogens is 1. The molecule has 32 heavy (non-hydrogen) atoms. The van der Waals surface area contributed by atoms with Crippen LogP contribution in [0.1, 0.15) is 21.5 Å². The summed E-state index contributed by atoms with van der Waals surface area (Å²) >= 11 is 0. The molecule has 160 valence electrons. The quantitative estimate of drug-likeness (QED) is 0.609. The van der Waals surface area contributed by atoms with Crippen LogP contribution < -0.4 is 14.9 Å². The lowest BCUT2D eigenvalue weighted by molar-refractivity contribution is -0.124. The van der Waals surface area contributed by atoms with E-state index in [-0.39, 0.29) is 5.70 Å². The Morgan fingerprint density at radius 2 is 1.69 bits per heavy atom. The Hall–Kier alpha value is -4.46. The molecule has 4 rings (SSSR count). The minimum Gasteiger partial charge on any atom is -0.493 e. The molecule has 1 aromatic heterocycles. The van der Waals surface area contributed by atoms with Gasteiger partial charge in [-0.1, -0.05) is 36.4 Å². The van der Waals surface area contributed by atoms with E-state index < -0.39 is 11.8 Å². The first kappa shape index (κ1) is 20.8. The molecule has 0 unspecified atom stereocenters. The highest BCUT2D eigenvalue weighted by Crippen LogP contribution is 2.29. The van der Waals surface area contributed by atoms with Gasteiger partial charge in [0.05, 0.1) is 14.2 Å². The predicted octanol–water partition coefficient (Wildman–Crippen LogP) is 3.07. The summed E-state index contributed by atoms with van der Waals surface area (Å²) in [7, 11) is 3.09. The van der Waals surface area contributed by atoms with Crippen molar-refractivity contribution in [3.63, 3.8) is 0 Å². The normalized spacial score (nSPS) is 14.3. The standard InChI is InChI=1S/C24H20N4O4/c1-31-20-9-8-16(15-21(20)32-2)14-19-24(30)28(22(26-19)17-6-4-3-5-7-17)27-23(29)18-10-12-25-13-11-18/h3-15H,1-2H3,(H,27,29). The molecule has 0 radical (unpaired) electrons. The number of hydrogen-bond donors (Lipinski definition) is 1. The maximum absolute atomic E-state index is 13.2. The Morgan fingerprint density at radius 3 is 2.38 bits per heavy atom. The lowest BCUT2D eigenvalue weighted by Crippen LogP contribution is -2.47. The second-order valence-corrected chi connectivity index (χ2v) is 6.76. The van der Waals surface area contributed by atoms with Gasteiger partial charge in [-0.15, -0.1) is 0 Å². The number of nitrogens with one attached hydrogen (secondary N) is 1. The first-order valence-corrected chi connectivity index (χ1v) is 9.74. The molecule has 0 saturated carbocycles. The van der Waals surface area contributed by atoms with Crippen LogP contribution in [0.15, 0.2) is 83.7 Å². The first-order chi connectivity index (χ1) is 15.6. The number of rotatable bonds is 6. The van der Waals surface area contributed by atoms with Gasteiger partial charge >= 0.3 is 0 Å². The number of nitrogens with zero attached hydrogens (tertiary/aromatic N) is 3. The van der Waals surface area contributed by atoms with E-state index in [9.17, 15) is 9.59 Å². The summed E-state index contributed by atoms with van der Waals surface area (Å²) in [6, 6.07) is 17.6. The molecule has 0 fully saturated rings. The minimum absolute atomic E-state index is 0.172. The number of carbonyl (C=O) groups is 2. The van der Waals surface area contributed by atoms with Crippen molar-refractivity contribution in [1.82, 2.24) is 15.4 Å². The Labute approximate surface area is 184 Å². The number of aliphatic imine (C=N–C) groups is 1. The van der Waals surface area contributed by atoms with Crippen LogP contribution >= 0.6 is 0 Å². The molecule has 0 aliphatic carbocycles. The zero-order chi connectivity index (χ0) is 22.5. The van der Waals surface area contributed by atoms with Gasteiger partial charge in [0.25, 0.3) is 11.8 Å². The highest BCUT2D eigenvalue weighted by molar-refractivity contribution is 6.20.